The number of para-hydroxylation sites is 1. The van der Waals surface area contributed by atoms with E-state index in [4.69, 9.17) is 4.74 Å². The lowest BCUT2D eigenvalue weighted by Gasteiger charge is -2.07. The molecule has 0 unspecified atom stereocenters. The van der Waals surface area contributed by atoms with Crippen molar-refractivity contribution in [2.75, 3.05) is 18.9 Å². The molecule has 5 nitrogen and oxygen atoms in total. The highest BCUT2D eigenvalue weighted by Gasteiger charge is 2.15. The number of amides is 1. The van der Waals surface area contributed by atoms with Crippen LogP contribution >= 0.6 is 0 Å². The van der Waals surface area contributed by atoms with Crippen molar-refractivity contribution in [3.05, 3.63) is 72.8 Å². The Balaban J connectivity index is 1.71. The third-order valence-corrected chi connectivity index (χ3v) is 5.57. The van der Waals surface area contributed by atoms with Gasteiger partial charge in [-0.05, 0) is 30.2 Å². The smallest absolute Gasteiger partial charge is 0.221 e. The molecular formula is C22H23NO4S. The van der Waals surface area contributed by atoms with Crippen LogP contribution in [0.3, 0.4) is 0 Å². The van der Waals surface area contributed by atoms with Crippen LogP contribution in [-0.4, -0.2) is 33.2 Å². The monoisotopic (exact) mass is 397 g/mol. The fourth-order valence-corrected chi connectivity index (χ4v) is 3.66. The summed E-state index contributed by atoms with van der Waals surface area (Å²) in [7, 11) is -3.46. The molecule has 6 heteroatoms. The Bertz CT molecular complexity index is 957. The molecule has 1 N–H and O–H groups in total. The molecule has 0 saturated carbocycles. The Hall–Kier alpha value is -3.04. The minimum absolute atomic E-state index is 0.107. The van der Waals surface area contributed by atoms with Gasteiger partial charge in [0.05, 0.1) is 17.2 Å². The maximum atomic E-state index is 12.1. The molecule has 0 heterocycles. The first-order valence-electron chi connectivity index (χ1n) is 8.85. The molecule has 1 amide bonds. The normalized spacial score (nSPS) is 10.4. The molecule has 0 radical (unpaired) electrons. The van der Waals surface area contributed by atoms with Gasteiger partial charge in [0.15, 0.2) is 9.84 Å². The molecule has 0 fully saturated rings. The van der Waals surface area contributed by atoms with Gasteiger partial charge in [0.1, 0.15) is 12.4 Å². The average Bonchev–Trinajstić information content (AvgIpc) is 2.71. The number of hydrogen-bond donors (Lipinski definition) is 1. The number of carbonyl (C=O) groups excluding carboxylic acids is 1. The van der Waals surface area contributed by atoms with Crippen molar-refractivity contribution in [1.82, 2.24) is 5.32 Å². The zero-order valence-electron chi connectivity index (χ0n) is 15.6. The van der Waals surface area contributed by atoms with Gasteiger partial charge < -0.3 is 10.1 Å². The van der Waals surface area contributed by atoms with Crippen LogP contribution in [0.15, 0.2) is 72.1 Å². The van der Waals surface area contributed by atoms with Crippen LogP contribution in [0.5, 0.6) is 5.75 Å². The second kappa shape index (κ2) is 11.0. The van der Waals surface area contributed by atoms with Gasteiger partial charge >= 0.3 is 0 Å². The maximum absolute atomic E-state index is 12.1. The lowest BCUT2D eigenvalue weighted by atomic mass is 10.1. The minimum Gasteiger partial charge on any atom is -0.481 e. The van der Waals surface area contributed by atoms with E-state index in [0.717, 1.165) is 11.3 Å². The summed E-state index contributed by atoms with van der Waals surface area (Å²) in [5, 5.41) is 2.59. The van der Waals surface area contributed by atoms with E-state index >= 15 is 0 Å². The van der Waals surface area contributed by atoms with Gasteiger partial charge in [0.25, 0.3) is 0 Å². The van der Waals surface area contributed by atoms with Crippen molar-refractivity contribution in [2.24, 2.45) is 0 Å². The van der Waals surface area contributed by atoms with E-state index in [0.29, 0.717) is 6.42 Å². The lowest BCUT2D eigenvalue weighted by molar-refractivity contribution is -0.120. The van der Waals surface area contributed by atoms with Crippen molar-refractivity contribution in [1.29, 1.82) is 0 Å². The highest BCUT2D eigenvalue weighted by molar-refractivity contribution is 7.91. The molecule has 0 aliphatic carbocycles. The van der Waals surface area contributed by atoms with E-state index in [-0.39, 0.29) is 36.1 Å². The second-order valence-electron chi connectivity index (χ2n) is 5.90. The molecular weight excluding hydrogens is 374 g/mol. The maximum Gasteiger partial charge on any atom is 0.221 e. The van der Waals surface area contributed by atoms with Crippen LogP contribution in [0.1, 0.15) is 12.0 Å². The molecule has 0 aliphatic rings. The SMILES string of the molecule is C=CCc1ccccc1OCC#CCNC(=O)CCS(=O)(=O)c1ccccc1. The summed E-state index contributed by atoms with van der Waals surface area (Å²) in [5.41, 5.74) is 1.03. The Kier molecular flexibility index (Phi) is 8.32. The van der Waals surface area contributed by atoms with Gasteiger partial charge in [-0.1, -0.05) is 54.3 Å². The first-order chi connectivity index (χ1) is 13.5. The van der Waals surface area contributed by atoms with Crippen molar-refractivity contribution >= 4 is 15.7 Å². The van der Waals surface area contributed by atoms with Crippen molar-refractivity contribution in [2.45, 2.75) is 17.7 Å². The number of carbonyl (C=O) groups is 1. The van der Waals surface area contributed by atoms with Crippen LogP contribution in [-0.2, 0) is 21.1 Å². The molecule has 0 saturated heterocycles. The molecule has 2 rings (SSSR count). The number of ether oxygens (including phenoxy) is 1. The Labute approximate surface area is 166 Å². The second-order valence-corrected chi connectivity index (χ2v) is 8.01. The predicted molar refractivity (Wildman–Crippen MR) is 110 cm³/mol. The van der Waals surface area contributed by atoms with E-state index < -0.39 is 9.84 Å². The van der Waals surface area contributed by atoms with E-state index in [1.54, 1.807) is 24.3 Å². The van der Waals surface area contributed by atoms with Crippen LogP contribution in [0.2, 0.25) is 0 Å². The summed E-state index contributed by atoms with van der Waals surface area (Å²) >= 11 is 0. The summed E-state index contributed by atoms with van der Waals surface area (Å²) in [6.45, 7) is 4.06. The standard InChI is InChI=1S/C22H23NO4S/c1-2-10-19-11-6-7-14-21(19)27-17-9-8-16-23-22(24)15-18-28(25,26)20-12-4-3-5-13-20/h2-7,11-14H,1,10,15-18H2,(H,23,24). The van der Waals surface area contributed by atoms with Crippen LogP contribution in [0.25, 0.3) is 0 Å². The molecule has 0 spiro atoms. The van der Waals surface area contributed by atoms with Gasteiger partial charge in [-0.25, -0.2) is 8.42 Å². The van der Waals surface area contributed by atoms with E-state index in [9.17, 15) is 13.2 Å². The summed E-state index contributed by atoms with van der Waals surface area (Å²) in [4.78, 5) is 12.0. The summed E-state index contributed by atoms with van der Waals surface area (Å²) < 4.78 is 29.9. The topological polar surface area (TPSA) is 72.5 Å². The fraction of sp³-hybridized carbons (Fsp3) is 0.227. The Morgan fingerprint density at radius 3 is 2.54 bits per heavy atom. The number of allylic oxidation sites excluding steroid dienone is 1. The van der Waals surface area contributed by atoms with Gasteiger partial charge in [-0.2, -0.15) is 0 Å². The van der Waals surface area contributed by atoms with Crippen molar-refractivity contribution in [3.8, 4) is 17.6 Å². The summed E-state index contributed by atoms with van der Waals surface area (Å²) in [5.74, 6) is 5.78. The van der Waals surface area contributed by atoms with Crippen molar-refractivity contribution in [3.63, 3.8) is 0 Å². The first kappa shape index (κ1) is 21.3. The average molecular weight is 397 g/mol. The highest BCUT2D eigenvalue weighted by atomic mass is 32.2. The molecule has 0 bridgehead atoms. The summed E-state index contributed by atoms with van der Waals surface area (Å²) in [6.07, 6.45) is 2.41. The number of nitrogens with one attached hydrogen (secondary N) is 1. The number of hydrogen-bond acceptors (Lipinski definition) is 4. The zero-order chi connectivity index (χ0) is 20.2. The van der Waals surface area contributed by atoms with Crippen LogP contribution in [0, 0.1) is 11.8 Å². The number of sulfone groups is 1. The molecule has 2 aromatic rings. The Morgan fingerprint density at radius 1 is 1.07 bits per heavy atom. The first-order valence-corrected chi connectivity index (χ1v) is 10.5. The van der Waals surface area contributed by atoms with E-state index in [1.807, 2.05) is 24.3 Å². The largest absolute Gasteiger partial charge is 0.481 e. The van der Waals surface area contributed by atoms with Crippen LogP contribution < -0.4 is 10.1 Å². The molecule has 0 aromatic heterocycles. The molecule has 2 aromatic carbocycles. The van der Waals surface area contributed by atoms with Crippen molar-refractivity contribution < 1.29 is 17.9 Å². The molecule has 28 heavy (non-hydrogen) atoms. The lowest BCUT2D eigenvalue weighted by Crippen LogP contribution is -2.26. The van der Waals surface area contributed by atoms with Gasteiger partial charge in [-0.15, -0.1) is 6.58 Å². The number of rotatable bonds is 9. The molecule has 146 valence electrons. The highest BCUT2D eigenvalue weighted by Crippen LogP contribution is 2.18. The Morgan fingerprint density at radius 2 is 1.79 bits per heavy atom. The summed E-state index contributed by atoms with van der Waals surface area (Å²) in [6, 6.07) is 15.7. The van der Waals surface area contributed by atoms with Gasteiger partial charge in [0.2, 0.25) is 5.91 Å². The number of benzene rings is 2. The zero-order valence-corrected chi connectivity index (χ0v) is 16.4. The predicted octanol–water partition coefficient (Wildman–Crippen LogP) is 2.78. The third kappa shape index (κ3) is 6.93. The van der Waals surface area contributed by atoms with E-state index in [2.05, 4.69) is 23.7 Å². The molecule has 0 aliphatic heterocycles. The van der Waals surface area contributed by atoms with Gasteiger partial charge in [0, 0.05) is 6.42 Å². The minimum atomic E-state index is -3.46. The van der Waals surface area contributed by atoms with Crippen LogP contribution in [0.4, 0.5) is 0 Å². The third-order valence-electron chi connectivity index (χ3n) is 3.84. The van der Waals surface area contributed by atoms with Gasteiger partial charge in [-0.3, -0.25) is 4.79 Å². The van der Waals surface area contributed by atoms with E-state index in [1.165, 1.54) is 12.1 Å². The fourth-order valence-electron chi connectivity index (χ4n) is 2.40. The quantitative estimate of drug-likeness (QED) is 0.522. The molecule has 0 atom stereocenters.